The molecule has 2 aliphatic rings. The first kappa shape index (κ1) is 18.4. The van der Waals surface area contributed by atoms with Gasteiger partial charge in [0, 0.05) is 11.8 Å². The zero-order valence-electron chi connectivity index (χ0n) is 14.5. The van der Waals surface area contributed by atoms with Crippen LogP contribution < -0.4 is 16.1 Å². The zero-order valence-corrected chi connectivity index (χ0v) is 15.4. The molecule has 1 spiro atoms. The number of nitrogens with one attached hydrogen (secondary N) is 3. The van der Waals surface area contributed by atoms with E-state index in [0.717, 1.165) is 29.1 Å². The molecule has 0 bridgehead atoms. The van der Waals surface area contributed by atoms with Crippen molar-refractivity contribution in [1.29, 1.82) is 0 Å². The molecule has 9 heteroatoms. The predicted octanol–water partition coefficient (Wildman–Crippen LogP) is 1.60. The van der Waals surface area contributed by atoms with E-state index in [1.165, 1.54) is 18.3 Å². The average molecular weight is 378 g/mol. The van der Waals surface area contributed by atoms with E-state index in [9.17, 15) is 19.2 Å². The second-order valence-corrected chi connectivity index (χ2v) is 7.70. The lowest BCUT2D eigenvalue weighted by molar-refractivity contribution is -0.140. The topological polar surface area (TPSA) is 108 Å². The van der Waals surface area contributed by atoms with Gasteiger partial charge >= 0.3 is 6.03 Å². The highest BCUT2D eigenvalue weighted by Crippen LogP contribution is 2.33. The van der Waals surface area contributed by atoms with Crippen LogP contribution in [0.15, 0.2) is 17.5 Å². The molecule has 8 nitrogen and oxygen atoms in total. The third-order valence-corrected chi connectivity index (χ3v) is 5.75. The van der Waals surface area contributed by atoms with Gasteiger partial charge in [0.05, 0.1) is 12.5 Å². The first-order valence-electron chi connectivity index (χ1n) is 8.68. The number of rotatable bonds is 5. The summed E-state index contributed by atoms with van der Waals surface area (Å²) in [5.74, 6) is -1.16. The van der Waals surface area contributed by atoms with Gasteiger partial charge in [-0.2, -0.15) is 5.01 Å². The van der Waals surface area contributed by atoms with Crippen molar-refractivity contribution in [3.8, 4) is 0 Å². The number of urea groups is 1. The largest absolute Gasteiger partial charge is 0.348 e. The molecule has 1 aliphatic carbocycles. The van der Waals surface area contributed by atoms with Crippen LogP contribution in [0.2, 0.25) is 0 Å². The Balaban J connectivity index is 1.66. The predicted molar refractivity (Wildman–Crippen MR) is 94.8 cm³/mol. The summed E-state index contributed by atoms with van der Waals surface area (Å²) >= 11 is 1.42. The van der Waals surface area contributed by atoms with Crippen LogP contribution in [0.5, 0.6) is 0 Å². The smallest absolute Gasteiger partial charge is 0.344 e. The molecule has 3 rings (SSSR count). The van der Waals surface area contributed by atoms with Gasteiger partial charge in [-0.25, -0.2) is 4.79 Å². The third kappa shape index (κ3) is 3.72. The minimum Gasteiger partial charge on any atom is -0.348 e. The second kappa shape index (κ2) is 7.45. The maximum absolute atomic E-state index is 12.7. The number of imide groups is 1. The number of carbonyl (C=O) groups excluding carboxylic acids is 4. The molecule has 5 amide bonds. The SMILES string of the molecule is CC(=O)NC(CC(=O)NN1C(=O)NC2(CCCCC2)C1=O)c1cccs1. The first-order valence-corrected chi connectivity index (χ1v) is 9.56. The Hall–Kier alpha value is -2.42. The summed E-state index contributed by atoms with van der Waals surface area (Å²) in [7, 11) is 0. The van der Waals surface area contributed by atoms with Crippen LogP contribution in [0.4, 0.5) is 4.79 Å². The monoisotopic (exact) mass is 378 g/mol. The molecule has 2 fully saturated rings. The number of hydrogen-bond donors (Lipinski definition) is 3. The van der Waals surface area contributed by atoms with Crippen molar-refractivity contribution in [2.75, 3.05) is 0 Å². The number of nitrogens with zero attached hydrogens (tertiary/aromatic N) is 1. The van der Waals surface area contributed by atoms with Gasteiger partial charge in [-0.3, -0.25) is 19.8 Å². The molecule has 1 saturated carbocycles. The Labute approximate surface area is 155 Å². The van der Waals surface area contributed by atoms with Gasteiger partial charge in [0.25, 0.3) is 5.91 Å². The van der Waals surface area contributed by atoms with E-state index in [2.05, 4.69) is 16.1 Å². The van der Waals surface area contributed by atoms with Gasteiger partial charge in [0.2, 0.25) is 11.8 Å². The lowest BCUT2D eigenvalue weighted by atomic mass is 9.82. The van der Waals surface area contributed by atoms with Crippen molar-refractivity contribution in [2.45, 2.75) is 57.0 Å². The molecule has 1 saturated heterocycles. The summed E-state index contributed by atoms with van der Waals surface area (Å²) in [5.41, 5.74) is 1.52. The summed E-state index contributed by atoms with van der Waals surface area (Å²) in [5, 5.41) is 8.10. The van der Waals surface area contributed by atoms with Crippen molar-refractivity contribution in [3.63, 3.8) is 0 Å². The van der Waals surface area contributed by atoms with Crippen LogP contribution in [0.25, 0.3) is 0 Å². The van der Waals surface area contributed by atoms with E-state index in [4.69, 9.17) is 0 Å². The van der Waals surface area contributed by atoms with Gasteiger partial charge in [-0.1, -0.05) is 25.3 Å². The maximum atomic E-state index is 12.7. The molecule has 0 radical (unpaired) electrons. The number of amides is 5. The Morgan fingerprint density at radius 1 is 1.31 bits per heavy atom. The molecule has 3 N–H and O–H groups in total. The van der Waals surface area contributed by atoms with Crippen LogP contribution in [-0.2, 0) is 14.4 Å². The molecular weight excluding hydrogens is 356 g/mol. The minimum atomic E-state index is -0.882. The highest BCUT2D eigenvalue weighted by atomic mass is 32.1. The minimum absolute atomic E-state index is 0.0653. The number of carbonyl (C=O) groups is 4. The Morgan fingerprint density at radius 2 is 2.04 bits per heavy atom. The maximum Gasteiger partial charge on any atom is 0.344 e. The number of hydrazine groups is 1. The highest BCUT2D eigenvalue weighted by Gasteiger charge is 2.52. The number of thiophene rings is 1. The van der Waals surface area contributed by atoms with Crippen LogP contribution in [0.3, 0.4) is 0 Å². The van der Waals surface area contributed by atoms with Gasteiger partial charge in [0.1, 0.15) is 5.54 Å². The van der Waals surface area contributed by atoms with E-state index < -0.39 is 29.4 Å². The Kier molecular flexibility index (Phi) is 5.26. The molecule has 26 heavy (non-hydrogen) atoms. The Morgan fingerprint density at radius 3 is 2.65 bits per heavy atom. The van der Waals surface area contributed by atoms with Gasteiger partial charge in [-0.15, -0.1) is 11.3 Å². The van der Waals surface area contributed by atoms with Crippen LogP contribution in [-0.4, -0.2) is 34.3 Å². The van der Waals surface area contributed by atoms with Crippen molar-refractivity contribution < 1.29 is 19.2 Å². The number of hydrogen-bond acceptors (Lipinski definition) is 5. The summed E-state index contributed by atoms with van der Waals surface area (Å²) in [6.45, 7) is 1.38. The normalized spacial score (nSPS) is 20.0. The highest BCUT2D eigenvalue weighted by molar-refractivity contribution is 7.10. The molecule has 1 aromatic heterocycles. The lowest BCUT2D eigenvalue weighted by Crippen LogP contribution is -2.51. The van der Waals surface area contributed by atoms with Crippen molar-refractivity contribution in [3.05, 3.63) is 22.4 Å². The van der Waals surface area contributed by atoms with Gasteiger partial charge < -0.3 is 10.6 Å². The molecule has 0 aromatic carbocycles. The van der Waals surface area contributed by atoms with Crippen LogP contribution in [0, 0.1) is 0 Å². The summed E-state index contributed by atoms with van der Waals surface area (Å²) < 4.78 is 0. The standard InChI is InChI=1S/C17H22N4O4S/c1-11(22)18-12(13-6-5-9-26-13)10-14(23)20-21-15(24)17(19-16(21)25)7-3-2-4-8-17/h5-6,9,12H,2-4,7-8,10H2,1H3,(H,18,22)(H,19,25)(H,20,23). The molecule has 1 aromatic rings. The molecule has 1 aliphatic heterocycles. The quantitative estimate of drug-likeness (QED) is 0.676. The summed E-state index contributed by atoms with van der Waals surface area (Å²) in [6.07, 6.45) is 3.90. The molecule has 1 atom stereocenters. The van der Waals surface area contributed by atoms with E-state index in [-0.39, 0.29) is 12.3 Å². The summed E-state index contributed by atoms with van der Waals surface area (Å²) in [6, 6.07) is 2.55. The fourth-order valence-corrected chi connectivity index (χ4v) is 4.31. The van der Waals surface area contributed by atoms with E-state index in [0.29, 0.717) is 12.8 Å². The fourth-order valence-electron chi connectivity index (χ4n) is 3.53. The zero-order chi connectivity index (χ0) is 18.7. The average Bonchev–Trinajstić information content (AvgIpc) is 3.19. The molecule has 2 heterocycles. The van der Waals surface area contributed by atoms with Crippen molar-refractivity contribution >= 4 is 35.1 Å². The van der Waals surface area contributed by atoms with Crippen molar-refractivity contribution in [1.82, 2.24) is 21.1 Å². The Bertz CT molecular complexity index is 712. The van der Waals surface area contributed by atoms with E-state index in [1.54, 1.807) is 0 Å². The summed E-state index contributed by atoms with van der Waals surface area (Å²) in [4.78, 5) is 49.5. The lowest BCUT2D eigenvalue weighted by Gasteiger charge is -2.30. The van der Waals surface area contributed by atoms with Gasteiger partial charge in [0.15, 0.2) is 0 Å². The first-order chi connectivity index (χ1) is 12.4. The van der Waals surface area contributed by atoms with Crippen LogP contribution in [0.1, 0.15) is 56.4 Å². The molecular formula is C17H22N4O4S. The fraction of sp³-hybridized carbons (Fsp3) is 0.529. The molecule has 140 valence electrons. The molecule has 1 unspecified atom stereocenters. The van der Waals surface area contributed by atoms with E-state index >= 15 is 0 Å². The van der Waals surface area contributed by atoms with Gasteiger partial charge in [-0.05, 0) is 24.3 Å². The van der Waals surface area contributed by atoms with Crippen molar-refractivity contribution in [2.24, 2.45) is 0 Å². The third-order valence-electron chi connectivity index (χ3n) is 4.76. The second-order valence-electron chi connectivity index (χ2n) is 6.72. The van der Waals surface area contributed by atoms with E-state index in [1.807, 2.05) is 17.5 Å². The van der Waals surface area contributed by atoms with Crippen LogP contribution >= 0.6 is 11.3 Å².